The molecule has 0 saturated heterocycles. The quantitative estimate of drug-likeness (QED) is 0.0843. The number of anilines is 12. The molecule has 0 aliphatic heterocycles. The summed E-state index contributed by atoms with van der Waals surface area (Å²) in [6.45, 7) is 8.57. The van der Waals surface area contributed by atoms with E-state index < -0.39 is 0 Å². The summed E-state index contributed by atoms with van der Waals surface area (Å²) in [5.74, 6) is 0. The highest BCUT2D eigenvalue weighted by molar-refractivity contribution is 6.26. The first kappa shape index (κ1) is 84.1. The van der Waals surface area contributed by atoms with E-state index in [0.717, 1.165) is 56.9 Å². The van der Waals surface area contributed by atoms with Gasteiger partial charge in [-0.2, -0.15) is 0 Å². The topological polar surface area (TPSA) is 13.0 Å². The number of hydrogen-bond acceptors (Lipinski definition) is 4. The Morgan fingerprint density at radius 3 is 0.691 bits per heavy atom. The van der Waals surface area contributed by atoms with Crippen LogP contribution in [0.3, 0.4) is 0 Å². The number of nitrogens with zero attached hydrogens (tertiary/aromatic N) is 4. The van der Waals surface area contributed by atoms with E-state index >= 15 is 0 Å². The van der Waals surface area contributed by atoms with Gasteiger partial charge in [0.2, 0.25) is 0 Å². The zero-order valence-electron chi connectivity index (χ0n) is 76.4. The van der Waals surface area contributed by atoms with E-state index in [2.05, 4.69) is 569 Å². The van der Waals surface area contributed by atoms with Gasteiger partial charge in [-0.05, 0) is 275 Å². The summed E-state index contributed by atoms with van der Waals surface area (Å²) < 4.78 is 0. The molecular formula is C132H98N4. The summed E-state index contributed by atoms with van der Waals surface area (Å²) in [6, 6.07) is 189. The van der Waals surface area contributed by atoms with Crippen molar-refractivity contribution in [2.75, 3.05) is 19.6 Å². The van der Waals surface area contributed by atoms with Crippen LogP contribution in [0.15, 0.2) is 522 Å². The van der Waals surface area contributed by atoms with Crippen LogP contribution in [-0.2, 0) is 0 Å². The molecule has 0 heterocycles. The number of aryl methyl sites for hydroxylation is 4. The van der Waals surface area contributed by atoms with Gasteiger partial charge in [-0.25, -0.2) is 0 Å². The first-order valence-corrected chi connectivity index (χ1v) is 46.9. The van der Waals surface area contributed by atoms with Crippen molar-refractivity contribution in [2.45, 2.75) is 27.7 Å². The SMILES string of the molecule is Cc1ccc(N(c2ccc(C)cc2)c2ccc3c(-c4ccccc4)c4cc(N(c5ccc(C)cc5)c5ccc(C)cc5)ccc4c(-c4ccccc4)c3c2)cc1.c1ccc(-c2ccc(-c3c4ccccc4c(N(c4ccccc4)c4ccc5ccccc5c4)c4ccccc34)cc2)cc1.c1ccc(N(c2ccccc2)c2c3ccccc3c(-c3ccc4ccccc4c3)c3ccccc23)cc1. The smallest absolute Gasteiger partial charge is 0.0618 e. The van der Waals surface area contributed by atoms with E-state index in [-0.39, 0.29) is 0 Å². The van der Waals surface area contributed by atoms with Gasteiger partial charge in [0.25, 0.3) is 0 Å². The summed E-state index contributed by atoms with van der Waals surface area (Å²) in [6.07, 6.45) is 0. The molecule has 646 valence electrons. The summed E-state index contributed by atoms with van der Waals surface area (Å²) in [7, 11) is 0. The standard InChI is InChI=1S/C54H44N2.C42H29N.C36H25N/c1-37-15-23-43(24-16-37)55(44-25-17-38(2)18-26-44)47-31-33-49-51(35-47)53(41-11-7-5-8-12-41)50-34-32-48(36-52(50)54(49)42-13-9-6-10-14-42)56(45-27-19-39(3)20-28-45)46-29-21-40(4)22-30-46;1-3-13-30(14-4-1)32-23-25-33(26-24-32)41-37-19-9-11-21-39(37)42(40-22-12-10-20-38(40)41)43(35-17-5-2-6-18-35)36-28-27-31-15-7-8-16-34(31)29-36;1-3-15-29(16-4-1)37(30-17-5-2-6-18-30)36-33-21-11-9-19-31(33)35(32-20-10-12-22-34(32)36)28-24-23-26-13-7-8-14-27(26)25-28/h5-36H,1-4H3;1-29H;1-25H. The maximum Gasteiger partial charge on any atom is 0.0618 e. The molecule has 136 heavy (non-hydrogen) atoms. The highest BCUT2D eigenvalue weighted by Gasteiger charge is 2.28. The molecule has 24 aromatic rings. The zero-order chi connectivity index (χ0) is 91.4. The van der Waals surface area contributed by atoms with Gasteiger partial charge in [0.05, 0.1) is 11.4 Å². The minimum Gasteiger partial charge on any atom is -0.310 e. The van der Waals surface area contributed by atoms with E-state index in [4.69, 9.17) is 0 Å². The van der Waals surface area contributed by atoms with Crippen molar-refractivity contribution in [2.24, 2.45) is 0 Å². The van der Waals surface area contributed by atoms with Crippen molar-refractivity contribution in [3.63, 3.8) is 0 Å². The Morgan fingerprint density at radius 1 is 0.118 bits per heavy atom. The van der Waals surface area contributed by atoms with Crippen LogP contribution in [0.5, 0.6) is 0 Å². The largest absolute Gasteiger partial charge is 0.310 e. The summed E-state index contributed by atoms with van der Waals surface area (Å²) >= 11 is 0. The Bertz CT molecular complexity index is 8000. The second kappa shape index (κ2) is 37.4. The van der Waals surface area contributed by atoms with E-state index in [1.807, 2.05) is 0 Å². The van der Waals surface area contributed by atoms with Crippen molar-refractivity contribution in [3.05, 3.63) is 544 Å². The molecule has 0 aliphatic carbocycles. The van der Waals surface area contributed by atoms with E-state index in [0.29, 0.717) is 0 Å². The molecule has 24 aromatic carbocycles. The van der Waals surface area contributed by atoms with Crippen LogP contribution in [0.2, 0.25) is 0 Å². The molecule has 0 unspecified atom stereocenters. The van der Waals surface area contributed by atoms with Gasteiger partial charge in [0.1, 0.15) is 0 Å². The third kappa shape index (κ3) is 16.6. The van der Waals surface area contributed by atoms with Crippen LogP contribution < -0.4 is 19.6 Å². The third-order valence-electron chi connectivity index (χ3n) is 26.5. The van der Waals surface area contributed by atoms with E-state index in [9.17, 15) is 0 Å². The van der Waals surface area contributed by atoms with Crippen LogP contribution in [0.4, 0.5) is 68.2 Å². The number of hydrogen-bond donors (Lipinski definition) is 0. The molecule has 0 spiro atoms. The van der Waals surface area contributed by atoms with Crippen LogP contribution in [-0.4, -0.2) is 0 Å². The third-order valence-corrected chi connectivity index (χ3v) is 26.5. The number of fused-ring (bicyclic) bond motifs is 8. The zero-order valence-corrected chi connectivity index (χ0v) is 76.4. The van der Waals surface area contributed by atoms with Gasteiger partial charge in [0.15, 0.2) is 0 Å². The molecule has 0 fully saturated rings. The molecule has 0 N–H and O–H groups in total. The summed E-state index contributed by atoms with van der Waals surface area (Å²) in [5.41, 5.74) is 30.9. The van der Waals surface area contributed by atoms with Gasteiger partial charge in [-0.15, -0.1) is 0 Å². The monoisotopic (exact) mass is 1740 g/mol. The second-order valence-corrected chi connectivity index (χ2v) is 35.3. The Balaban J connectivity index is 0.000000121. The van der Waals surface area contributed by atoms with Crippen molar-refractivity contribution in [3.8, 4) is 55.6 Å². The first-order chi connectivity index (χ1) is 67.1. The lowest BCUT2D eigenvalue weighted by atomic mass is 9.85. The van der Waals surface area contributed by atoms with Crippen molar-refractivity contribution in [1.29, 1.82) is 0 Å². The van der Waals surface area contributed by atoms with E-state index in [1.54, 1.807) is 0 Å². The molecule has 0 amide bonds. The maximum atomic E-state index is 2.43. The molecule has 0 aromatic heterocycles. The van der Waals surface area contributed by atoms with Crippen LogP contribution >= 0.6 is 0 Å². The minimum absolute atomic E-state index is 1.11. The predicted octanol–water partition coefficient (Wildman–Crippen LogP) is 37.7. The van der Waals surface area contributed by atoms with Gasteiger partial charge in [0, 0.05) is 78.4 Å². The molecule has 0 atom stereocenters. The highest BCUT2D eigenvalue weighted by Crippen LogP contribution is 2.54. The van der Waals surface area contributed by atoms with Gasteiger partial charge >= 0.3 is 0 Å². The summed E-state index contributed by atoms with van der Waals surface area (Å²) in [4.78, 5) is 9.58. The minimum atomic E-state index is 1.11. The van der Waals surface area contributed by atoms with Gasteiger partial charge in [-0.1, -0.05) is 417 Å². The average Bonchev–Trinajstić information content (AvgIpc) is 0.863. The lowest BCUT2D eigenvalue weighted by molar-refractivity contribution is 1.27. The lowest BCUT2D eigenvalue weighted by Gasteiger charge is -2.29. The predicted molar refractivity (Wildman–Crippen MR) is 584 cm³/mol. The van der Waals surface area contributed by atoms with E-state index in [1.165, 1.54) is 175 Å². The molecule has 4 heteroatoms. The van der Waals surface area contributed by atoms with Crippen molar-refractivity contribution < 1.29 is 0 Å². The van der Waals surface area contributed by atoms with Crippen LogP contribution in [0.1, 0.15) is 22.3 Å². The molecule has 24 rings (SSSR count). The van der Waals surface area contributed by atoms with Crippen molar-refractivity contribution in [1.82, 2.24) is 0 Å². The number of benzene rings is 24. The molecule has 0 radical (unpaired) electrons. The Kier molecular flexibility index (Phi) is 23.2. The van der Waals surface area contributed by atoms with Gasteiger partial charge < -0.3 is 19.6 Å². The van der Waals surface area contributed by atoms with Gasteiger partial charge in [-0.3, -0.25) is 0 Å². The highest BCUT2D eigenvalue weighted by atomic mass is 15.2. The molecule has 0 saturated carbocycles. The Labute approximate surface area is 795 Å². The molecule has 4 nitrogen and oxygen atoms in total. The second-order valence-electron chi connectivity index (χ2n) is 35.3. The fourth-order valence-electron chi connectivity index (χ4n) is 20.0. The van der Waals surface area contributed by atoms with Crippen molar-refractivity contribution >= 4 is 154 Å². The summed E-state index contributed by atoms with van der Waals surface area (Å²) in [5, 5.41) is 19.7. The first-order valence-electron chi connectivity index (χ1n) is 46.9. The molecular weight excluding hydrogens is 1640 g/mol. The molecule has 0 aliphatic rings. The number of rotatable bonds is 17. The maximum absolute atomic E-state index is 2.43. The average molecular weight is 1740 g/mol. The fraction of sp³-hybridized carbons (Fsp3) is 0.0303. The Hall–Kier alpha value is -17.4. The number of para-hydroxylation sites is 3. The molecule has 0 bridgehead atoms. The Morgan fingerprint density at radius 2 is 0.331 bits per heavy atom. The normalized spacial score (nSPS) is 11.2. The van der Waals surface area contributed by atoms with Crippen LogP contribution in [0, 0.1) is 27.7 Å². The lowest BCUT2D eigenvalue weighted by Crippen LogP contribution is -2.11. The fourth-order valence-corrected chi connectivity index (χ4v) is 20.0. The van der Waals surface area contributed by atoms with Crippen LogP contribution in [0.25, 0.3) is 142 Å².